The molecule has 0 spiro atoms. The van der Waals surface area contributed by atoms with Crippen LogP contribution in [0.3, 0.4) is 0 Å². The van der Waals surface area contributed by atoms with E-state index in [-0.39, 0.29) is 6.61 Å². The van der Waals surface area contributed by atoms with Crippen LogP contribution in [0.2, 0.25) is 0 Å². The fourth-order valence-corrected chi connectivity index (χ4v) is 0.397. The topological polar surface area (TPSA) is 40.5 Å². The van der Waals surface area contributed by atoms with Crippen LogP contribution in [0, 0.1) is 18.8 Å². The summed E-state index contributed by atoms with van der Waals surface area (Å²) in [6.07, 6.45) is 0.848. The second-order valence-electron chi connectivity index (χ2n) is 2.44. The lowest BCUT2D eigenvalue weighted by atomic mass is 10.0. The van der Waals surface area contributed by atoms with Crippen molar-refractivity contribution in [3.8, 4) is 11.8 Å². The molecule has 0 aromatic carbocycles. The Morgan fingerprint density at radius 2 is 2.10 bits per heavy atom. The molecule has 2 N–H and O–H groups in total. The number of hydrogen-bond donors (Lipinski definition) is 2. The summed E-state index contributed by atoms with van der Waals surface area (Å²) >= 11 is 0. The van der Waals surface area contributed by atoms with Crippen molar-refractivity contribution in [2.45, 2.75) is 25.4 Å². The molecule has 0 saturated heterocycles. The molecule has 0 heterocycles. The van der Waals surface area contributed by atoms with Crippen LogP contribution in [0.4, 0.5) is 0 Å². The summed E-state index contributed by atoms with van der Waals surface area (Å²) in [7, 11) is 0. The molecule has 0 fully saturated rings. The van der Waals surface area contributed by atoms with Crippen molar-refractivity contribution in [1.82, 2.24) is 0 Å². The van der Waals surface area contributed by atoms with E-state index < -0.39 is 5.60 Å². The summed E-state index contributed by atoms with van der Waals surface area (Å²) in [5.74, 6) is 5.41. The molecular weight excluding hydrogens is 128 g/mol. The Morgan fingerprint density at radius 3 is 2.50 bits per heavy atom. The summed E-state index contributed by atoms with van der Waals surface area (Å²) in [5, 5.41) is 17.7. The van der Waals surface area contributed by atoms with E-state index >= 15 is 0 Å². The van der Waals surface area contributed by atoms with Crippen LogP contribution in [0.25, 0.3) is 0 Å². The molecule has 0 aliphatic heterocycles. The van der Waals surface area contributed by atoms with Gasteiger partial charge in [-0.15, -0.1) is 11.8 Å². The zero-order chi connectivity index (χ0) is 8.04. The number of aliphatic hydroxyl groups is 2. The standard InChI is InChI=1S/C8H13O2/c1-3-4-5-6-8(2,10)7-9/h9-10H,1,3,6-7H2,2H3. The van der Waals surface area contributed by atoms with Gasteiger partial charge in [0.2, 0.25) is 0 Å². The van der Waals surface area contributed by atoms with E-state index in [1.54, 1.807) is 6.92 Å². The van der Waals surface area contributed by atoms with Gasteiger partial charge in [-0.3, -0.25) is 0 Å². The average Bonchev–Trinajstić information content (AvgIpc) is 1.89. The van der Waals surface area contributed by atoms with Gasteiger partial charge in [-0.05, 0) is 13.8 Å². The molecule has 0 rings (SSSR count). The van der Waals surface area contributed by atoms with Crippen molar-refractivity contribution in [1.29, 1.82) is 0 Å². The molecular formula is C8H13O2. The molecule has 2 heteroatoms. The smallest absolute Gasteiger partial charge is 0.0957 e. The molecule has 0 bridgehead atoms. The van der Waals surface area contributed by atoms with Gasteiger partial charge in [0.15, 0.2) is 0 Å². The zero-order valence-corrected chi connectivity index (χ0v) is 6.22. The second-order valence-corrected chi connectivity index (χ2v) is 2.44. The van der Waals surface area contributed by atoms with Crippen molar-refractivity contribution in [3.63, 3.8) is 0 Å². The predicted octanol–water partition coefficient (Wildman–Crippen LogP) is 0.347. The Bertz CT molecular complexity index is 139. The van der Waals surface area contributed by atoms with Gasteiger partial charge in [-0.25, -0.2) is 0 Å². The molecule has 1 unspecified atom stereocenters. The fourth-order valence-electron chi connectivity index (χ4n) is 0.397. The fraction of sp³-hybridized carbons (Fsp3) is 0.625. The summed E-state index contributed by atoms with van der Waals surface area (Å²) < 4.78 is 0. The lowest BCUT2D eigenvalue weighted by Crippen LogP contribution is -2.27. The van der Waals surface area contributed by atoms with Crippen LogP contribution in [0.1, 0.15) is 19.8 Å². The Morgan fingerprint density at radius 1 is 1.50 bits per heavy atom. The van der Waals surface area contributed by atoms with E-state index in [1.165, 1.54) is 0 Å². The average molecular weight is 141 g/mol. The SMILES string of the molecule is [CH2]CC#CCC(C)(O)CO. The summed E-state index contributed by atoms with van der Waals surface area (Å²) in [6, 6.07) is 0. The highest BCUT2D eigenvalue weighted by atomic mass is 16.3. The molecule has 1 radical (unpaired) electrons. The first-order valence-corrected chi connectivity index (χ1v) is 3.20. The highest BCUT2D eigenvalue weighted by Crippen LogP contribution is 2.05. The second kappa shape index (κ2) is 4.32. The molecule has 10 heavy (non-hydrogen) atoms. The van der Waals surface area contributed by atoms with Gasteiger partial charge in [0.05, 0.1) is 12.2 Å². The van der Waals surface area contributed by atoms with E-state index in [4.69, 9.17) is 5.11 Å². The van der Waals surface area contributed by atoms with Gasteiger partial charge < -0.3 is 10.2 Å². The maximum atomic E-state index is 9.18. The largest absolute Gasteiger partial charge is 0.393 e. The number of hydrogen-bond acceptors (Lipinski definition) is 2. The van der Waals surface area contributed by atoms with Crippen molar-refractivity contribution in [3.05, 3.63) is 6.92 Å². The minimum atomic E-state index is -1.05. The van der Waals surface area contributed by atoms with Crippen LogP contribution < -0.4 is 0 Å². The van der Waals surface area contributed by atoms with Crippen molar-refractivity contribution < 1.29 is 10.2 Å². The van der Waals surface area contributed by atoms with Crippen molar-refractivity contribution in [2.24, 2.45) is 0 Å². The first-order chi connectivity index (χ1) is 4.62. The van der Waals surface area contributed by atoms with Crippen molar-refractivity contribution in [2.75, 3.05) is 6.61 Å². The maximum Gasteiger partial charge on any atom is 0.0957 e. The molecule has 0 aromatic rings. The first-order valence-electron chi connectivity index (χ1n) is 3.20. The molecule has 0 aliphatic carbocycles. The molecule has 0 aromatic heterocycles. The highest BCUT2D eigenvalue weighted by molar-refractivity contribution is 5.03. The Hall–Kier alpha value is -0.520. The van der Waals surface area contributed by atoms with Gasteiger partial charge in [-0.1, -0.05) is 0 Å². The van der Waals surface area contributed by atoms with Crippen LogP contribution in [0.5, 0.6) is 0 Å². The Labute approximate surface area is 61.9 Å². The first kappa shape index (κ1) is 9.48. The van der Waals surface area contributed by atoms with Crippen molar-refractivity contribution >= 4 is 0 Å². The summed E-state index contributed by atoms with van der Waals surface area (Å²) in [5.41, 5.74) is -1.05. The van der Waals surface area contributed by atoms with E-state index in [1.807, 2.05) is 0 Å². The molecule has 0 amide bonds. The Kier molecular flexibility index (Phi) is 4.10. The minimum Gasteiger partial charge on any atom is -0.393 e. The monoisotopic (exact) mass is 141 g/mol. The third-order valence-corrected chi connectivity index (χ3v) is 1.06. The lowest BCUT2D eigenvalue weighted by Gasteiger charge is -2.15. The van der Waals surface area contributed by atoms with Gasteiger partial charge in [0, 0.05) is 12.8 Å². The number of aliphatic hydroxyl groups excluding tert-OH is 1. The normalized spacial score (nSPS) is 15.2. The predicted molar refractivity (Wildman–Crippen MR) is 40.1 cm³/mol. The Balaban J connectivity index is 3.66. The molecule has 0 saturated carbocycles. The van der Waals surface area contributed by atoms with Crippen LogP contribution in [-0.2, 0) is 0 Å². The summed E-state index contributed by atoms with van der Waals surface area (Å²) in [4.78, 5) is 0. The van der Waals surface area contributed by atoms with E-state index in [9.17, 15) is 5.11 Å². The van der Waals surface area contributed by atoms with Crippen LogP contribution in [-0.4, -0.2) is 22.4 Å². The van der Waals surface area contributed by atoms with E-state index in [0.717, 1.165) is 0 Å². The molecule has 57 valence electrons. The zero-order valence-electron chi connectivity index (χ0n) is 6.22. The minimum absolute atomic E-state index is 0.251. The lowest BCUT2D eigenvalue weighted by molar-refractivity contribution is 0.00628. The molecule has 0 aliphatic rings. The van der Waals surface area contributed by atoms with Gasteiger partial charge >= 0.3 is 0 Å². The van der Waals surface area contributed by atoms with E-state index in [2.05, 4.69) is 18.8 Å². The molecule has 1 atom stereocenters. The third kappa shape index (κ3) is 4.37. The maximum absolute atomic E-state index is 9.18. The van der Waals surface area contributed by atoms with Crippen LogP contribution in [0.15, 0.2) is 0 Å². The highest BCUT2D eigenvalue weighted by Gasteiger charge is 2.16. The van der Waals surface area contributed by atoms with Gasteiger partial charge in [-0.2, -0.15) is 0 Å². The van der Waals surface area contributed by atoms with Gasteiger partial charge in [0.25, 0.3) is 0 Å². The van der Waals surface area contributed by atoms with E-state index in [0.29, 0.717) is 12.8 Å². The molecule has 2 nitrogen and oxygen atoms in total. The quantitative estimate of drug-likeness (QED) is 0.545. The third-order valence-electron chi connectivity index (χ3n) is 1.06. The van der Waals surface area contributed by atoms with Gasteiger partial charge in [0.1, 0.15) is 0 Å². The van der Waals surface area contributed by atoms with Crippen LogP contribution >= 0.6 is 0 Å². The number of rotatable bonds is 2. The summed E-state index contributed by atoms with van der Waals surface area (Å²) in [6.45, 7) is 4.81.